The van der Waals surface area contributed by atoms with Gasteiger partial charge >= 0.3 is 0 Å². The highest BCUT2D eigenvalue weighted by Crippen LogP contribution is 2.16. The van der Waals surface area contributed by atoms with Gasteiger partial charge in [-0.25, -0.2) is 0 Å². The number of rotatable bonds is 3. The van der Waals surface area contributed by atoms with Crippen molar-refractivity contribution in [1.29, 1.82) is 0 Å². The van der Waals surface area contributed by atoms with Crippen LogP contribution in [0.1, 0.15) is 5.56 Å². The molecule has 0 unspecified atom stereocenters. The number of nitrogens with one attached hydrogen (secondary N) is 1. The van der Waals surface area contributed by atoms with Gasteiger partial charge in [-0.1, -0.05) is 36.4 Å². The molecule has 0 bridgehead atoms. The monoisotopic (exact) mass is 227 g/mol. The van der Waals surface area contributed by atoms with Crippen molar-refractivity contribution >= 4 is 11.6 Å². The molecule has 0 aliphatic carbocycles. The fraction of sp³-hybridized carbons (Fsp3) is 0.0714. The maximum absolute atomic E-state index is 11.7. The first-order chi connectivity index (χ1) is 8.25. The van der Waals surface area contributed by atoms with Crippen LogP contribution >= 0.6 is 0 Å². The number of carbonyl (C=O) groups is 1. The Morgan fingerprint density at radius 1 is 1.00 bits per heavy atom. The van der Waals surface area contributed by atoms with E-state index in [2.05, 4.69) is 5.32 Å². The van der Waals surface area contributed by atoms with E-state index in [0.29, 0.717) is 5.56 Å². The Kier molecular flexibility index (Phi) is 3.40. The summed E-state index contributed by atoms with van der Waals surface area (Å²) < 4.78 is 0. The van der Waals surface area contributed by atoms with Crippen LogP contribution < -0.4 is 5.32 Å². The van der Waals surface area contributed by atoms with Crippen molar-refractivity contribution in [2.24, 2.45) is 0 Å². The van der Waals surface area contributed by atoms with Crippen molar-refractivity contribution < 1.29 is 9.90 Å². The number of phenols is 1. The van der Waals surface area contributed by atoms with Gasteiger partial charge in [-0.15, -0.1) is 0 Å². The van der Waals surface area contributed by atoms with Gasteiger partial charge in [0.2, 0.25) is 5.91 Å². The Labute approximate surface area is 99.7 Å². The summed E-state index contributed by atoms with van der Waals surface area (Å²) in [6, 6.07) is 16.1. The van der Waals surface area contributed by atoms with E-state index in [1.807, 2.05) is 30.3 Å². The number of aromatic hydroxyl groups is 1. The van der Waals surface area contributed by atoms with E-state index in [4.69, 9.17) is 0 Å². The highest BCUT2D eigenvalue weighted by atomic mass is 16.3. The molecular formula is C14H13NO2. The lowest BCUT2D eigenvalue weighted by Crippen LogP contribution is -2.14. The molecule has 0 heterocycles. The average molecular weight is 227 g/mol. The van der Waals surface area contributed by atoms with E-state index < -0.39 is 0 Å². The van der Waals surface area contributed by atoms with Crippen LogP contribution in [-0.4, -0.2) is 11.0 Å². The quantitative estimate of drug-likeness (QED) is 0.846. The molecule has 17 heavy (non-hydrogen) atoms. The van der Waals surface area contributed by atoms with Gasteiger partial charge in [0.15, 0.2) is 0 Å². The summed E-state index contributed by atoms with van der Waals surface area (Å²) in [5, 5.41) is 12.3. The number of hydrogen-bond donors (Lipinski definition) is 2. The molecule has 2 N–H and O–H groups in total. The van der Waals surface area contributed by atoms with Crippen LogP contribution in [0.15, 0.2) is 54.6 Å². The molecule has 2 aromatic carbocycles. The van der Waals surface area contributed by atoms with Gasteiger partial charge in [-0.2, -0.15) is 0 Å². The number of carbonyl (C=O) groups excluding carboxylic acids is 1. The van der Waals surface area contributed by atoms with Crippen molar-refractivity contribution in [1.82, 2.24) is 0 Å². The Hall–Kier alpha value is -2.29. The van der Waals surface area contributed by atoms with E-state index in [1.165, 1.54) is 0 Å². The molecule has 2 aromatic rings. The second kappa shape index (κ2) is 5.16. The normalized spacial score (nSPS) is 9.88. The predicted octanol–water partition coefficient (Wildman–Crippen LogP) is 2.57. The topological polar surface area (TPSA) is 49.3 Å². The number of amides is 1. The van der Waals surface area contributed by atoms with Gasteiger partial charge in [-0.3, -0.25) is 4.79 Å². The molecule has 0 aromatic heterocycles. The minimum absolute atomic E-state index is 0.141. The van der Waals surface area contributed by atoms with Crippen molar-refractivity contribution in [3.8, 4) is 5.75 Å². The summed E-state index contributed by atoms with van der Waals surface area (Å²) in [6.45, 7) is 0. The van der Waals surface area contributed by atoms with Crippen LogP contribution in [-0.2, 0) is 11.2 Å². The zero-order valence-corrected chi connectivity index (χ0v) is 9.26. The predicted molar refractivity (Wildman–Crippen MR) is 66.9 cm³/mol. The van der Waals surface area contributed by atoms with Crippen LogP contribution in [0, 0.1) is 0 Å². The Morgan fingerprint density at radius 3 is 2.35 bits per heavy atom. The fourth-order valence-corrected chi connectivity index (χ4v) is 1.56. The molecule has 0 aliphatic heterocycles. The number of phenolic OH excluding ortho intramolecular Hbond substituents is 1. The van der Waals surface area contributed by atoms with Gasteiger partial charge in [-0.05, 0) is 18.2 Å². The van der Waals surface area contributed by atoms with Gasteiger partial charge in [0.1, 0.15) is 5.75 Å². The summed E-state index contributed by atoms with van der Waals surface area (Å²) in [5.74, 6) is 0.00779. The number of anilines is 1. The molecule has 0 fully saturated rings. The third kappa shape index (κ3) is 3.08. The third-order valence-electron chi connectivity index (χ3n) is 2.40. The van der Waals surface area contributed by atoms with E-state index in [0.717, 1.165) is 5.69 Å². The second-order valence-corrected chi connectivity index (χ2v) is 3.72. The summed E-state index contributed by atoms with van der Waals surface area (Å²) in [6.07, 6.45) is 0.168. The first-order valence-electron chi connectivity index (χ1n) is 5.37. The molecular weight excluding hydrogens is 214 g/mol. The van der Waals surface area contributed by atoms with Crippen LogP contribution in [0.2, 0.25) is 0 Å². The number of para-hydroxylation sites is 2. The molecule has 0 saturated carbocycles. The zero-order valence-electron chi connectivity index (χ0n) is 9.26. The first kappa shape index (κ1) is 11.2. The summed E-state index contributed by atoms with van der Waals surface area (Å²) in [5.41, 5.74) is 1.38. The second-order valence-electron chi connectivity index (χ2n) is 3.72. The maximum Gasteiger partial charge on any atom is 0.228 e. The Balaban J connectivity index is 2.01. The zero-order chi connectivity index (χ0) is 12.1. The minimum Gasteiger partial charge on any atom is -0.508 e. The summed E-state index contributed by atoms with van der Waals surface area (Å²) >= 11 is 0. The minimum atomic E-state index is -0.141. The fourth-order valence-electron chi connectivity index (χ4n) is 1.56. The summed E-state index contributed by atoms with van der Waals surface area (Å²) in [7, 11) is 0. The first-order valence-corrected chi connectivity index (χ1v) is 5.37. The molecule has 0 atom stereocenters. The van der Waals surface area contributed by atoms with Crippen molar-refractivity contribution in [3.05, 3.63) is 60.2 Å². The molecule has 0 radical (unpaired) electrons. The van der Waals surface area contributed by atoms with Crippen LogP contribution in [0.3, 0.4) is 0 Å². The van der Waals surface area contributed by atoms with Gasteiger partial charge in [0, 0.05) is 11.3 Å². The van der Waals surface area contributed by atoms with E-state index >= 15 is 0 Å². The highest BCUT2D eigenvalue weighted by molar-refractivity contribution is 5.92. The largest absolute Gasteiger partial charge is 0.508 e. The molecule has 3 nitrogen and oxygen atoms in total. The van der Waals surface area contributed by atoms with Crippen molar-refractivity contribution in [2.75, 3.05) is 5.32 Å². The van der Waals surface area contributed by atoms with Crippen LogP contribution in [0.5, 0.6) is 5.75 Å². The van der Waals surface area contributed by atoms with Gasteiger partial charge in [0.25, 0.3) is 0 Å². The van der Waals surface area contributed by atoms with Gasteiger partial charge in [0.05, 0.1) is 6.42 Å². The SMILES string of the molecule is O=C(Cc1ccccc1O)Nc1ccccc1. The van der Waals surface area contributed by atoms with E-state index in [-0.39, 0.29) is 18.1 Å². The van der Waals surface area contributed by atoms with Crippen LogP contribution in [0.25, 0.3) is 0 Å². The van der Waals surface area contributed by atoms with Crippen molar-refractivity contribution in [3.63, 3.8) is 0 Å². The molecule has 2 rings (SSSR count). The van der Waals surface area contributed by atoms with E-state index in [9.17, 15) is 9.90 Å². The molecule has 86 valence electrons. The van der Waals surface area contributed by atoms with Gasteiger partial charge < -0.3 is 10.4 Å². The molecule has 0 spiro atoms. The Morgan fingerprint density at radius 2 is 1.65 bits per heavy atom. The standard InChI is InChI=1S/C14H13NO2/c16-13-9-5-4-6-11(13)10-14(17)15-12-7-2-1-3-8-12/h1-9,16H,10H2,(H,15,17). The average Bonchev–Trinajstić information content (AvgIpc) is 2.33. The lowest BCUT2D eigenvalue weighted by atomic mass is 10.1. The molecule has 0 saturated heterocycles. The number of benzene rings is 2. The maximum atomic E-state index is 11.7. The molecule has 3 heteroatoms. The van der Waals surface area contributed by atoms with Crippen LogP contribution in [0.4, 0.5) is 5.69 Å². The Bertz CT molecular complexity index is 509. The molecule has 0 aliphatic rings. The molecule has 1 amide bonds. The van der Waals surface area contributed by atoms with E-state index in [1.54, 1.807) is 24.3 Å². The summed E-state index contributed by atoms with van der Waals surface area (Å²) in [4.78, 5) is 11.7. The third-order valence-corrected chi connectivity index (χ3v) is 2.40. The van der Waals surface area contributed by atoms with Crippen molar-refractivity contribution in [2.45, 2.75) is 6.42 Å². The number of hydrogen-bond acceptors (Lipinski definition) is 2. The lowest BCUT2D eigenvalue weighted by molar-refractivity contribution is -0.115. The highest BCUT2D eigenvalue weighted by Gasteiger charge is 2.06. The smallest absolute Gasteiger partial charge is 0.228 e. The lowest BCUT2D eigenvalue weighted by Gasteiger charge is -2.06.